The number of hydrogen-bond acceptors (Lipinski definition) is 6. The number of aliphatic imine (C=N–C) groups is 1. The second-order valence-electron chi connectivity index (χ2n) is 5.70. The summed E-state index contributed by atoms with van der Waals surface area (Å²) in [5.41, 5.74) is 1.27. The van der Waals surface area contributed by atoms with Gasteiger partial charge in [0.1, 0.15) is 0 Å². The Bertz CT molecular complexity index is 975. The molecule has 0 bridgehead atoms. The van der Waals surface area contributed by atoms with Crippen LogP contribution in [0.2, 0.25) is 5.02 Å². The summed E-state index contributed by atoms with van der Waals surface area (Å²) < 4.78 is 5.40. The fourth-order valence-corrected chi connectivity index (χ4v) is 3.65. The molecule has 0 unspecified atom stereocenters. The molecule has 2 aromatic rings. The van der Waals surface area contributed by atoms with Crippen LogP contribution in [0.25, 0.3) is 6.08 Å². The number of aromatic hydroxyl groups is 1. The van der Waals surface area contributed by atoms with Crippen molar-refractivity contribution in [3.8, 4) is 11.5 Å². The summed E-state index contributed by atoms with van der Waals surface area (Å²) in [6.45, 7) is 6.30. The normalized spacial score (nSPS) is 16.8. The topological polar surface area (TPSA) is 75.0 Å². The minimum Gasteiger partial charge on any atom is -0.504 e. The van der Waals surface area contributed by atoms with Crippen molar-refractivity contribution in [2.75, 3.05) is 13.2 Å². The Labute approximate surface area is 172 Å². The minimum atomic E-state index is -0.181. The second kappa shape index (κ2) is 8.95. The molecular weight excluding hydrogens is 398 g/mol. The molecule has 1 aromatic heterocycles. The highest BCUT2D eigenvalue weighted by Gasteiger charge is 2.32. The maximum Gasteiger partial charge on any atom is 0.267 e. The summed E-state index contributed by atoms with van der Waals surface area (Å²) in [7, 11) is 0. The predicted octanol–water partition coefficient (Wildman–Crippen LogP) is 4.63. The molecule has 1 aromatic carbocycles. The Kier molecular flexibility index (Phi) is 6.38. The molecule has 28 heavy (non-hydrogen) atoms. The van der Waals surface area contributed by atoms with Gasteiger partial charge >= 0.3 is 0 Å². The van der Waals surface area contributed by atoms with E-state index in [9.17, 15) is 9.90 Å². The van der Waals surface area contributed by atoms with Crippen LogP contribution in [0.4, 0.5) is 5.69 Å². The SMILES string of the molecule is C=CCN1C(=O)/C(=C/c2ccc(O)c(OCC)c2)SC1=Nc1ccncc1Cl. The number of hydrogen-bond donors (Lipinski definition) is 1. The Balaban J connectivity index is 1.96. The third-order valence-electron chi connectivity index (χ3n) is 3.75. The van der Waals surface area contributed by atoms with Crippen LogP contribution in [-0.4, -0.2) is 39.2 Å². The van der Waals surface area contributed by atoms with Crippen LogP contribution >= 0.6 is 23.4 Å². The maximum absolute atomic E-state index is 12.8. The zero-order valence-electron chi connectivity index (χ0n) is 15.1. The van der Waals surface area contributed by atoms with Gasteiger partial charge in [-0.25, -0.2) is 4.99 Å². The summed E-state index contributed by atoms with van der Waals surface area (Å²) in [6, 6.07) is 6.62. The molecule has 1 fully saturated rings. The Morgan fingerprint density at radius 3 is 2.96 bits per heavy atom. The first-order chi connectivity index (χ1) is 13.5. The highest BCUT2D eigenvalue weighted by atomic mass is 35.5. The molecule has 0 atom stereocenters. The van der Waals surface area contributed by atoms with Gasteiger partial charge < -0.3 is 9.84 Å². The van der Waals surface area contributed by atoms with Crippen LogP contribution in [0.5, 0.6) is 11.5 Å². The molecule has 2 heterocycles. The molecule has 1 amide bonds. The van der Waals surface area contributed by atoms with Crippen molar-refractivity contribution in [1.29, 1.82) is 0 Å². The first-order valence-electron chi connectivity index (χ1n) is 8.49. The van der Waals surface area contributed by atoms with E-state index in [1.807, 2.05) is 6.92 Å². The summed E-state index contributed by atoms with van der Waals surface area (Å²) in [5.74, 6) is 0.241. The fraction of sp³-hybridized carbons (Fsp3) is 0.150. The summed E-state index contributed by atoms with van der Waals surface area (Å²) in [6.07, 6.45) is 6.47. The van der Waals surface area contributed by atoms with E-state index >= 15 is 0 Å². The number of benzene rings is 1. The number of nitrogens with zero attached hydrogens (tertiary/aromatic N) is 3. The van der Waals surface area contributed by atoms with Gasteiger partial charge in [0.15, 0.2) is 16.7 Å². The van der Waals surface area contributed by atoms with E-state index in [-0.39, 0.29) is 11.7 Å². The number of ether oxygens (including phenoxy) is 1. The van der Waals surface area contributed by atoms with Gasteiger partial charge in [0, 0.05) is 18.9 Å². The van der Waals surface area contributed by atoms with E-state index in [0.29, 0.717) is 39.7 Å². The van der Waals surface area contributed by atoms with Gasteiger partial charge in [0.25, 0.3) is 5.91 Å². The molecule has 0 saturated carbocycles. The third kappa shape index (κ3) is 4.37. The van der Waals surface area contributed by atoms with E-state index in [0.717, 1.165) is 5.56 Å². The number of phenols is 1. The van der Waals surface area contributed by atoms with Gasteiger partial charge in [0.05, 0.1) is 22.2 Å². The Morgan fingerprint density at radius 2 is 2.25 bits per heavy atom. The van der Waals surface area contributed by atoms with Gasteiger partial charge in [-0.3, -0.25) is 14.7 Å². The lowest BCUT2D eigenvalue weighted by atomic mass is 10.2. The minimum absolute atomic E-state index is 0.0530. The Hall–Kier alpha value is -2.77. The Morgan fingerprint density at radius 1 is 1.43 bits per heavy atom. The number of halogens is 1. The van der Waals surface area contributed by atoms with E-state index in [2.05, 4.69) is 16.6 Å². The van der Waals surface area contributed by atoms with Crippen molar-refractivity contribution in [1.82, 2.24) is 9.88 Å². The lowest BCUT2D eigenvalue weighted by Crippen LogP contribution is -2.29. The van der Waals surface area contributed by atoms with Crippen LogP contribution in [-0.2, 0) is 4.79 Å². The van der Waals surface area contributed by atoms with Crippen molar-refractivity contribution in [2.24, 2.45) is 4.99 Å². The molecule has 0 radical (unpaired) electrons. The molecular formula is C20H18ClN3O3S. The number of amides is 1. The van der Waals surface area contributed by atoms with Gasteiger partial charge in [-0.2, -0.15) is 0 Å². The van der Waals surface area contributed by atoms with E-state index < -0.39 is 0 Å². The highest BCUT2D eigenvalue weighted by molar-refractivity contribution is 8.18. The van der Waals surface area contributed by atoms with Crippen LogP contribution < -0.4 is 4.74 Å². The van der Waals surface area contributed by atoms with E-state index in [1.165, 1.54) is 28.9 Å². The number of pyridine rings is 1. The third-order valence-corrected chi connectivity index (χ3v) is 5.05. The lowest BCUT2D eigenvalue weighted by Gasteiger charge is -2.12. The predicted molar refractivity (Wildman–Crippen MR) is 113 cm³/mol. The smallest absolute Gasteiger partial charge is 0.267 e. The highest BCUT2D eigenvalue weighted by Crippen LogP contribution is 2.36. The van der Waals surface area contributed by atoms with Gasteiger partial charge in [0.2, 0.25) is 0 Å². The zero-order chi connectivity index (χ0) is 20.1. The van der Waals surface area contributed by atoms with E-state index in [1.54, 1.807) is 36.5 Å². The van der Waals surface area contributed by atoms with Crippen molar-refractivity contribution < 1.29 is 14.6 Å². The first-order valence-corrected chi connectivity index (χ1v) is 9.69. The van der Waals surface area contributed by atoms with Crippen molar-refractivity contribution >= 4 is 46.2 Å². The van der Waals surface area contributed by atoms with Crippen molar-refractivity contribution in [2.45, 2.75) is 6.92 Å². The number of phenolic OH excluding ortho intramolecular Hbond substituents is 1. The average molecular weight is 416 g/mol. The number of amidine groups is 1. The van der Waals surface area contributed by atoms with Crippen molar-refractivity contribution in [3.63, 3.8) is 0 Å². The molecule has 6 nitrogen and oxygen atoms in total. The molecule has 144 valence electrons. The molecule has 0 aliphatic carbocycles. The van der Waals surface area contributed by atoms with Crippen LogP contribution in [0.15, 0.2) is 59.2 Å². The van der Waals surface area contributed by atoms with Gasteiger partial charge in [-0.15, -0.1) is 6.58 Å². The fourth-order valence-electron chi connectivity index (χ4n) is 2.49. The monoisotopic (exact) mass is 415 g/mol. The van der Waals surface area contributed by atoms with Crippen molar-refractivity contribution in [3.05, 3.63) is 64.8 Å². The summed E-state index contributed by atoms with van der Waals surface area (Å²) >= 11 is 7.38. The number of rotatable bonds is 6. The van der Waals surface area contributed by atoms with Crippen LogP contribution in [0.3, 0.4) is 0 Å². The van der Waals surface area contributed by atoms with Gasteiger partial charge in [-0.05, 0) is 48.5 Å². The largest absolute Gasteiger partial charge is 0.504 e. The lowest BCUT2D eigenvalue weighted by molar-refractivity contribution is -0.121. The molecule has 1 N–H and O–H groups in total. The number of thioether (sulfide) groups is 1. The second-order valence-corrected chi connectivity index (χ2v) is 7.11. The van der Waals surface area contributed by atoms with Crippen LogP contribution in [0, 0.1) is 0 Å². The number of carbonyl (C=O) groups is 1. The quantitative estimate of drug-likeness (QED) is 0.550. The molecule has 0 spiro atoms. The standard InChI is InChI=1S/C20H18ClN3O3S/c1-3-9-24-19(26)18(11-13-5-6-16(25)17(10-13)27-4-2)28-20(24)23-15-7-8-22-12-14(15)21/h3,5-8,10-12,25H,1,4,9H2,2H3/b18-11-,23-20?. The van der Waals surface area contributed by atoms with Crippen LogP contribution in [0.1, 0.15) is 12.5 Å². The molecule has 1 aliphatic rings. The molecule has 1 aliphatic heterocycles. The first kappa shape index (κ1) is 20.0. The average Bonchev–Trinajstić information content (AvgIpc) is 2.96. The van der Waals surface area contributed by atoms with E-state index in [4.69, 9.17) is 16.3 Å². The summed E-state index contributed by atoms with van der Waals surface area (Å²) in [5, 5.41) is 10.8. The number of aromatic nitrogens is 1. The molecule has 3 rings (SSSR count). The summed E-state index contributed by atoms with van der Waals surface area (Å²) in [4.78, 5) is 23.3. The molecule has 8 heteroatoms. The zero-order valence-corrected chi connectivity index (χ0v) is 16.7. The molecule has 1 saturated heterocycles. The van der Waals surface area contributed by atoms with Gasteiger partial charge in [-0.1, -0.05) is 23.7 Å². The maximum atomic E-state index is 12.8. The number of carbonyl (C=O) groups excluding carboxylic acids is 1.